The van der Waals surface area contributed by atoms with Crippen molar-refractivity contribution in [1.29, 1.82) is 0 Å². The summed E-state index contributed by atoms with van der Waals surface area (Å²) in [4.78, 5) is 38.8. The number of amides is 3. The third kappa shape index (κ3) is 4.93. The fraction of sp³-hybridized carbons (Fsp3) is 0.318. The van der Waals surface area contributed by atoms with Gasteiger partial charge in [-0.3, -0.25) is 25.2 Å². The minimum atomic E-state index is -0.609. The van der Waals surface area contributed by atoms with Crippen LogP contribution in [0.25, 0.3) is 0 Å². The normalized spacial score (nSPS) is 15.7. The minimum absolute atomic E-state index is 0.187. The van der Waals surface area contributed by atoms with E-state index >= 15 is 0 Å². The summed E-state index contributed by atoms with van der Waals surface area (Å²) in [6, 6.07) is 14.0. The van der Waals surface area contributed by atoms with Gasteiger partial charge in [-0.15, -0.1) is 0 Å². The number of benzene rings is 2. The van der Waals surface area contributed by atoms with Gasteiger partial charge in [0.2, 0.25) is 0 Å². The van der Waals surface area contributed by atoms with Crippen LogP contribution in [0.1, 0.15) is 34.3 Å². The molecular weight excluding hydrogens is 370 g/mol. The second-order valence-electron chi connectivity index (χ2n) is 7.07. The number of hydrogen-bond donors (Lipinski definition) is 2. The number of aryl methyl sites for hydroxylation is 2. The van der Waals surface area contributed by atoms with Crippen LogP contribution < -0.4 is 15.6 Å². The molecule has 2 aromatic carbocycles. The average Bonchev–Trinajstić information content (AvgIpc) is 3.21. The molecule has 3 rings (SSSR count). The lowest BCUT2D eigenvalue weighted by molar-refractivity contribution is -0.131. The lowest BCUT2D eigenvalue weighted by Gasteiger charge is -2.24. The summed E-state index contributed by atoms with van der Waals surface area (Å²) in [5.74, 6) is -0.413. The fourth-order valence-electron chi connectivity index (χ4n) is 3.44. The molecule has 0 aromatic heterocycles. The Morgan fingerprint density at radius 2 is 1.69 bits per heavy atom. The highest BCUT2D eigenvalue weighted by atomic mass is 16.5. The van der Waals surface area contributed by atoms with Crippen LogP contribution in [0, 0.1) is 13.8 Å². The molecule has 0 bridgehead atoms. The van der Waals surface area contributed by atoms with Crippen molar-refractivity contribution < 1.29 is 19.1 Å². The van der Waals surface area contributed by atoms with E-state index in [4.69, 9.17) is 4.74 Å². The maximum absolute atomic E-state index is 12.7. The molecule has 0 saturated carbocycles. The summed E-state index contributed by atoms with van der Waals surface area (Å²) >= 11 is 0. The number of hydrazine groups is 1. The van der Waals surface area contributed by atoms with E-state index in [-0.39, 0.29) is 12.5 Å². The lowest BCUT2D eigenvalue weighted by Crippen LogP contribution is -2.52. The van der Waals surface area contributed by atoms with E-state index in [0.717, 1.165) is 17.5 Å². The molecule has 1 aliphatic rings. The molecule has 1 fully saturated rings. The van der Waals surface area contributed by atoms with Crippen LogP contribution in [0.15, 0.2) is 48.5 Å². The quantitative estimate of drug-likeness (QED) is 0.760. The molecule has 7 nitrogen and oxygen atoms in total. The van der Waals surface area contributed by atoms with Crippen molar-refractivity contribution in [1.82, 2.24) is 15.8 Å². The standard InChI is InChI=1S/C22H25N3O4/c1-15-8-6-9-16(2)20(15)29-14-19(26)23-24-21(27)18-12-7-13-25(18)22(28)17-10-4-3-5-11-17/h3-6,8-11,18H,7,12-14H2,1-2H3,(H,23,26)(H,24,27)/t18-/m0/s1. The molecule has 1 atom stereocenters. The molecule has 2 aromatic rings. The number of ether oxygens (including phenoxy) is 1. The average molecular weight is 395 g/mol. The summed E-state index contributed by atoms with van der Waals surface area (Å²) in [5.41, 5.74) is 7.19. The third-order valence-electron chi connectivity index (χ3n) is 4.92. The smallest absolute Gasteiger partial charge is 0.276 e. The maximum Gasteiger partial charge on any atom is 0.276 e. The Morgan fingerprint density at radius 1 is 1.00 bits per heavy atom. The number of likely N-dealkylation sites (tertiary alicyclic amines) is 1. The van der Waals surface area contributed by atoms with Crippen molar-refractivity contribution >= 4 is 17.7 Å². The molecular formula is C22H25N3O4. The molecule has 1 heterocycles. The second kappa shape index (κ2) is 9.23. The zero-order valence-corrected chi connectivity index (χ0v) is 16.6. The molecule has 29 heavy (non-hydrogen) atoms. The Hall–Kier alpha value is -3.35. The van der Waals surface area contributed by atoms with Crippen molar-refractivity contribution in [2.75, 3.05) is 13.2 Å². The van der Waals surface area contributed by atoms with Gasteiger partial charge in [0.05, 0.1) is 0 Å². The first-order valence-electron chi connectivity index (χ1n) is 9.61. The summed E-state index contributed by atoms with van der Waals surface area (Å²) in [6.07, 6.45) is 1.29. The maximum atomic E-state index is 12.7. The molecule has 152 valence electrons. The van der Waals surface area contributed by atoms with Crippen molar-refractivity contribution in [2.24, 2.45) is 0 Å². The van der Waals surface area contributed by atoms with Crippen LogP contribution in [0.2, 0.25) is 0 Å². The number of carbonyl (C=O) groups is 3. The van der Waals surface area contributed by atoms with Crippen LogP contribution in [-0.4, -0.2) is 41.8 Å². The lowest BCUT2D eigenvalue weighted by atomic mass is 10.1. The highest BCUT2D eigenvalue weighted by Crippen LogP contribution is 2.22. The Labute approximate surface area is 170 Å². The zero-order chi connectivity index (χ0) is 20.8. The van der Waals surface area contributed by atoms with Gasteiger partial charge in [-0.05, 0) is 49.9 Å². The van der Waals surface area contributed by atoms with Gasteiger partial charge in [-0.25, -0.2) is 0 Å². The second-order valence-corrected chi connectivity index (χ2v) is 7.07. The Bertz CT molecular complexity index is 878. The first-order chi connectivity index (χ1) is 14.0. The molecule has 3 amide bonds. The summed E-state index contributed by atoms with van der Waals surface area (Å²) in [7, 11) is 0. The highest BCUT2D eigenvalue weighted by Gasteiger charge is 2.34. The Kier molecular flexibility index (Phi) is 6.49. The molecule has 1 aliphatic heterocycles. The van der Waals surface area contributed by atoms with Crippen molar-refractivity contribution in [3.8, 4) is 5.75 Å². The van der Waals surface area contributed by atoms with E-state index in [0.29, 0.717) is 24.3 Å². The number of hydrogen-bond acceptors (Lipinski definition) is 4. The Morgan fingerprint density at radius 3 is 2.38 bits per heavy atom. The summed E-state index contributed by atoms with van der Waals surface area (Å²) in [6.45, 7) is 4.10. The zero-order valence-electron chi connectivity index (χ0n) is 16.6. The van der Waals surface area contributed by atoms with Gasteiger partial charge < -0.3 is 9.64 Å². The first kappa shape index (κ1) is 20.4. The number of nitrogens with zero attached hydrogens (tertiary/aromatic N) is 1. The van der Waals surface area contributed by atoms with E-state index in [9.17, 15) is 14.4 Å². The van der Waals surface area contributed by atoms with Gasteiger partial charge in [-0.2, -0.15) is 0 Å². The molecule has 0 spiro atoms. The van der Waals surface area contributed by atoms with Gasteiger partial charge >= 0.3 is 0 Å². The monoisotopic (exact) mass is 395 g/mol. The van der Waals surface area contributed by atoms with Gasteiger partial charge in [0.15, 0.2) is 6.61 Å². The number of para-hydroxylation sites is 1. The Balaban J connectivity index is 1.52. The van der Waals surface area contributed by atoms with E-state index in [1.165, 1.54) is 0 Å². The number of nitrogens with one attached hydrogen (secondary N) is 2. The number of carbonyl (C=O) groups excluding carboxylic acids is 3. The largest absolute Gasteiger partial charge is 0.483 e. The van der Waals surface area contributed by atoms with Crippen molar-refractivity contribution in [2.45, 2.75) is 32.7 Å². The summed E-state index contributed by atoms with van der Waals surface area (Å²) < 4.78 is 5.58. The van der Waals surface area contributed by atoms with Gasteiger partial charge in [0.25, 0.3) is 17.7 Å². The summed E-state index contributed by atoms with van der Waals surface area (Å²) in [5, 5.41) is 0. The molecule has 1 saturated heterocycles. The van der Waals surface area contributed by atoms with E-state index < -0.39 is 17.9 Å². The highest BCUT2D eigenvalue weighted by molar-refractivity contribution is 5.98. The number of rotatable bonds is 5. The van der Waals surface area contributed by atoms with Crippen LogP contribution >= 0.6 is 0 Å². The minimum Gasteiger partial charge on any atom is -0.483 e. The topological polar surface area (TPSA) is 87.7 Å². The molecule has 0 radical (unpaired) electrons. The predicted octanol–water partition coefficient (Wildman–Crippen LogP) is 2.13. The van der Waals surface area contributed by atoms with Gasteiger partial charge in [-0.1, -0.05) is 36.4 Å². The predicted molar refractivity (Wildman–Crippen MR) is 108 cm³/mol. The SMILES string of the molecule is Cc1cccc(C)c1OCC(=O)NNC(=O)[C@@H]1CCCN1C(=O)c1ccccc1. The molecule has 0 unspecified atom stereocenters. The molecule has 7 heteroatoms. The molecule has 2 N–H and O–H groups in total. The van der Waals surface area contributed by atoms with Crippen LogP contribution in [0.3, 0.4) is 0 Å². The van der Waals surface area contributed by atoms with Crippen molar-refractivity contribution in [3.63, 3.8) is 0 Å². The van der Waals surface area contributed by atoms with Crippen LogP contribution in [-0.2, 0) is 9.59 Å². The van der Waals surface area contributed by atoms with E-state index in [2.05, 4.69) is 10.9 Å². The van der Waals surface area contributed by atoms with Gasteiger partial charge in [0.1, 0.15) is 11.8 Å². The van der Waals surface area contributed by atoms with Crippen LogP contribution in [0.4, 0.5) is 0 Å². The van der Waals surface area contributed by atoms with E-state index in [1.807, 2.05) is 38.1 Å². The fourth-order valence-corrected chi connectivity index (χ4v) is 3.44. The molecule has 0 aliphatic carbocycles. The van der Waals surface area contributed by atoms with Crippen molar-refractivity contribution in [3.05, 3.63) is 65.2 Å². The first-order valence-corrected chi connectivity index (χ1v) is 9.61. The van der Waals surface area contributed by atoms with Gasteiger partial charge in [0, 0.05) is 12.1 Å². The van der Waals surface area contributed by atoms with Crippen LogP contribution in [0.5, 0.6) is 5.75 Å². The van der Waals surface area contributed by atoms with E-state index in [1.54, 1.807) is 29.2 Å². The third-order valence-corrected chi connectivity index (χ3v) is 4.92.